The second-order valence-electron chi connectivity index (χ2n) is 3.19. The molecule has 2 nitrogen and oxygen atoms in total. The van der Waals surface area contributed by atoms with Crippen molar-refractivity contribution in [2.45, 2.75) is 6.92 Å². The van der Waals surface area contributed by atoms with Crippen molar-refractivity contribution in [3.8, 4) is 11.3 Å². The molecular formula is C12H10O2. The maximum atomic E-state index is 10.8. The van der Waals surface area contributed by atoms with Gasteiger partial charge in [0.25, 0.3) is 0 Å². The van der Waals surface area contributed by atoms with E-state index in [0.717, 1.165) is 23.2 Å². The first kappa shape index (κ1) is 8.75. The summed E-state index contributed by atoms with van der Waals surface area (Å²) in [5.74, 6) is 0.732. The van der Waals surface area contributed by atoms with E-state index in [2.05, 4.69) is 0 Å². The Morgan fingerprint density at radius 3 is 2.79 bits per heavy atom. The average Bonchev–Trinajstić information content (AvgIpc) is 2.70. The third kappa shape index (κ3) is 1.46. The van der Waals surface area contributed by atoms with Crippen LogP contribution in [0.15, 0.2) is 41.0 Å². The highest BCUT2D eigenvalue weighted by molar-refractivity contribution is 5.86. The number of carbonyl (C=O) groups excluding carboxylic acids is 1. The van der Waals surface area contributed by atoms with Gasteiger partial charge in [0, 0.05) is 11.1 Å². The van der Waals surface area contributed by atoms with Gasteiger partial charge in [0.15, 0.2) is 6.29 Å². The van der Waals surface area contributed by atoms with Crippen LogP contribution in [0.5, 0.6) is 0 Å². The van der Waals surface area contributed by atoms with E-state index in [-0.39, 0.29) is 0 Å². The van der Waals surface area contributed by atoms with Crippen molar-refractivity contribution in [3.05, 3.63) is 47.7 Å². The first-order valence-corrected chi connectivity index (χ1v) is 4.41. The van der Waals surface area contributed by atoms with Crippen molar-refractivity contribution in [2.24, 2.45) is 0 Å². The predicted octanol–water partition coefficient (Wildman–Crippen LogP) is 3.07. The fourth-order valence-electron chi connectivity index (χ4n) is 1.42. The molecule has 0 saturated carbocycles. The molecule has 0 N–H and O–H groups in total. The lowest BCUT2D eigenvalue weighted by molar-refractivity contribution is 0.112. The summed E-state index contributed by atoms with van der Waals surface area (Å²) < 4.78 is 5.26. The van der Waals surface area contributed by atoms with Gasteiger partial charge in [0.1, 0.15) is 5.76 Å². The van der Waals surface area contributed by atoms with E-state index in [0.29, 0.717) is 5.56 Å². The molecule has 0 fully saturated rings. The van der Waals surface area contributed by atoms with E-state index in [1.807, 2.05) is 31.2 Å². The summed E-state index contributed by atoms with van der Waals surface area (Å²) in [4.78, 5) is 10.8. The molecule has 2 heteroatoms. The number of aldehydes is 1. The van der Waals surface area contributed by atoms with Crippen LogP contribution in [-0.2, 0) is 0 Å². The Kier molecular flexibility index (Phi) is 2.19. The van der Waals surface area contributed by atoms with Crippen LogP contribution in [0.3, 0.4) is 0 Å². The Labute approximate surface area is 82.2 Å². The quantitative estimate of drug-likeness (QED) is 0.674. The molecule has 0 aliphatic heterocycles. The topological polar surface area (TPSA) is 30.2 Å². The molecule has 0 radical (unpaired) electrons. The number of aryl methyl sites for hydroxylation is 1. The standard InChI is InChI=1S/C12H10O2/c1-9-4-5-10(8-13)11(7-9)12-3-2-6-14-12/h2-8H,1H3. The number of rotatable bonds is 2. The van der Waals surface area contributed by atoms with Crippen LogP contribution in [0.25, 0.3) is 11.3 Å². The van der Waals surface area contributed by atoms with Crippen LogP contribution in [0.1, 0.15) is 15.9 Å². The zero-order valence-electron chi connectivity index (χ0n) is 7.86. The SMILES string of the molecule is Cc1ccc(C=O)c(-c2ccco2)c1. The molecule has 1 heterocycles. The number of furan rings is 1. The van der Waals surface area contributed by atoms with E-state index >= 15 is 0 Å². The second kappa shape index (κ2) is 3.50. The molecule has 2 rings (SSSR count). The molecule has 2 aromatic rings. The fourth-order valence-corrected chi connectivity index (χ4v) is 1.42. The summed E-state index contributed by atoms with van der Waals surface area (Å²) in [5.41, 5.74) is 2.62. The molecule has 0 atom stereocenters. The Morgan fingerprint density at radius 2 is 2.14 bits per heavy atom. The summed E-state index contributed by atoms with van der Waals surface area (Å²) in [7, 11) is 0. The number of carbonyl (C=O) groups is 1. The largest absolute Gasteiger partial charge is 0.464 e. The maximum absolute atomic E-state index is 10.8. The Balaban J connectivity index is 2.61. The lowest BCUT2D eigenvalue weighted by atomic mass is 10.0. The van der Waals surface area contributed by atoms with Crippen LogP contribution < -0.4 is 0 Å². The van der Waals surface area contributed by atoms with Gasteiger partial charge in [-0.05, 0) is 25.1 Å². The molecule has 0 amide bonds. The zero-order valence-corrected chi connectivity index (χ0v) is 7.86. The Morgan fingerprint density at radius 1 is 1.29 bits per heavy atom. The van der Waals surface area contributed by atoms with Gasteiger partial charge in [-0.2, -0.15) is 0 Å². The molecule has 0 aliphatic rings. The van der Waals surface area contributed by atoms with Gasteiger partial charge in [-0.1, -0.05) is 17.7 Å². The van der Waals surface area contributed by atoms with Gasteiger partial charge in [-0.3, -0.25) is 4.79 Å². The minimum absolute atomic E-state index is 0.658. The summed E-state index contributed by atoms with van der Waals surface area (Å²) in [6.07, 6.45) is 2.45. The molecule has 0 aliphatic carbocycles. The van der Waals surface area contributed by atoms with Gasteiger partial charge in [-0.15, -0.1) is 0 Å². The molecular weight excluding hydrogens is 176 g/mol. The highest BCUT2D eigenvalue weighted by Crippen LogP contribution is 2.24. The Bertz CT molecular complexity index is 441. The molecule has 70 valence electrons. The molecule has 0 bridgehead atoms. The molecule has 1 aromatic heterocycles. The monoisotopic (exact) mass is 186 g/mol. The van der Waals surface area contributed by atoms with E-state index < -0.39 is 0 Å². The minimum atomic E-state index is 0.658. The summed E-state index contributed by atoms with van der Waals surface area (Å²) in [6.45, 7) is 1.99. The van der Waals surface area contributed by atoms with Crippen LogP contribution in [0, 0.1) is 6.92 Å². The third-order valence-corrected chi connectivity index (χ3v) is 2.12. The van der Waals surface area contributed by atoms with Crippen LogP contribution in [-0.4, -0.2) is 6.29 Å². The summed E-state index contributed by atoms with van der Waals surface area (Å²) in [5, 5.41) is 0. The molecule has 0 saturated heterocycles. The average molecular weight is 186 g/mol. The minimum Gasteiger partial charge on any atom is -0.464 e. The van der Waals surface area contributed by atoms with Gasteiger partial charge < -0.3 is 4.42 Å². The first-order valence-electron chi connectivity index (χ1n) is 4.41. The van der Waals surface area contributed by atoms with Crippen LogP contribution in [0.4, 0.5) is 0 Å². The second-order valence-corrected chi connectivity index (χ2v) is 3.19. The molecule has 1 aromatic carbocycles. The lowest BCUT2D eigenvalue weighted by Crippen LogP contribution is -1.86. The highest BCUT2D eigenvalue weighted by atomic mass is 16.3. The number of hydrogen-bond donors (Lipinski definition) is 0. The molecule has 14 heavy (non-hydrogen) atoms. The summed E-state index contributed by atoms with van der Waals surface area (Å²) in [6, 6.07) is 9.33. The van der Waals surface area contributed by atoms with Crippen LogP contribution in [0.2, 0.25) is 0 Å². The Hall–Kier alpha value is -1.83. The normalized spacial score (nSPS) is 10.1. The van der Waals surface area contributed by atoms with Gasteiger partial charge >= 0.3 is 0 Å². The van der Waals surface area contributed by atoms with E-state index in [4.69, 9.17) is 4.42 Å². The lowest BCUT2D eigenvalue weighted by Gasteiger charge is -2.02. The third-order valence-electron chi connectivity index (χ3n) is 2.12. The van der Waals surface area contributed by atoms with Crippen molar-refractivity contribution in [2.75, 3.05) is 0 Å². The van der Waals surface area contributed by atoms with Crippen molar-refractivity contribution >= 4 is 6.29 Å². The highest BCUT2D eigenvalue weighted by Gasteiger charge is 2.06. The smallest absolute Gasteiger partial charge is 0.150 e. The van der Waals surface area contributed by atoms with E-state index in [1.54, 1.807) is 12.3 Å². The first-order chi connectivity index (χ1) is 6.81. The molecule has 0 spiro atoms. The summed E-state index contributed by atoms with van der Waals surface area (Å²) >= 11 is 0. The van der Waals surface area contributed by atoms with E-state index in [1.165, 1.54) is 0 Å². The van der Waals surface area contributed by atoms with Crippen LogP contribution >= 0.6 is 0 Å². The van der Waals surface area contributed by atoms with Crippen molar-refractivity contribution in [1.29, 1.82) is 0 Å². The zero-order chi connectivity index (χ0) is 9.97. The fraction of sp³-hybridized carbons (Fsp3) is 0.0833. The van der Waals surface area contributed by atoms with Crippen molar-refractivity contribution in [3.63, 3.8) is 0 Å². The number of benzene rings is 1. The van der Waals surface area contributed by atoms with Crippen molar-refractivity contribution < 1.29 is 9.21 Å². The molecule has 0 unspecified atom stereocenters. The van der Waals surface area contributed by atoms with Gasteiger partial charge in [-0.25, -0.2) is 0 Å². The van der Waals surface area contributed by atoms with Gasteiger partial charge in [0.05, 0.1) is 6.26 Å². The van der Waals surface area contributed by atoms with E-state index in [9.17, 15) is 4.79 Å². The number of hydrogen-bond acceptors (Lipinski definition) is 2. The van der Waals surface area contributed by atoms with Crippen molar-refractivity contribution in [1.82, 2.24) is 0 Å². The predicted molar refractivity (Wildman–Crippen MR) is 54.3 cm³/mol. The maximum Gasteiger partial charge on any atom is 0.150 e. The van der Waals surface area contributed by atoms with Gasteiger partial charge in [0.2, 0.25) is 0 Å².